The zero-order valence-corrected chi connectivity index (χ0v) is 12.6. The lowest BCUT2D eigenvalue weighted by molar-refractivity contribution is 0.778. The number of hydrogen-bond donors (Lipinski definition) is 1. The molecule has 3 heterocycles. The van der Waals surface area contributed by atoms with Gasteiger partial charge in [-0.15, -0.1) is 11.3 Å². The summed E-state index contributed by atoms with van der Waals surface area (Å²) in [6.45, 7) is 6.28. The van der Waals surface area contributed by atoms with Crippen molar-refractivity contribution in [3.8, 4) is 0 Å². The van der Waals surface area contributed by atoms with Crippen molar-refractivity contribution in [3.05, 3.63) is 40.0 Å². The minimum absolute atomic E-state index is 0.322. The predicted molar refractivity (Wildman–Crippen MR) is 81.4 cm³/mol. The van der Waals surface area contributed by atoms with E-state index in [1.807, 2.05) is 24.3 Å². The Kier molecular flexibility index (Phi) is 3.40. The highest BCUT2D eigenvalue weighted by Crippen LogP contribution is 2.18. The van der Waals surface area contributed by atoms with Crippen LogP contribution in [0.2, 0.25) is 0 Å². The average Bonchev–Trinajstić information content (AvgIpc) is 2.98. The van der Waals surface area contributed by atoms with Crippen molar-refractivity contribution in [1.29, 1.82) is 0 Å². The maximum Gasteiger partial charge on any atom is 0.254 e. The van der Waals surface area contributed by atoms with E-state index in [0.717, 1.165) is 17.9 Å². The van der Waals surface area contributed by atoms with Gasteiger partial charge in [0.1, 0.15) is 12.1 Å². The summed E-state index contributed by atoms with van der Waals surface area (Å²) in [4.78, 5) is 11.2. The molecule has 0 spiro atoms. The van der Waals surface area contributed by atoms with Crippen molar-refractivity contribution >= 4 is 22.9 Å². The summed E-state index contributed by atoms with van der Waals surface area (Å²) < 4.78 is 1.74. The van der Waals surface area contributed by atoms with E-state index in [4.69, 9.17) is 0 Å². The van der Waals surface area contributed by atoms with Crippen LogP contribution in [0.5, 0.6) is 0 Å². The van der Waals surface area contributed by atoms with E-state index in [9.17, 15) is 0 Å². The second-order valence-electron chi connectivity index (χ2n) is 5.02. The van der Waals surface area contributed by atoms with Crippen LogP contribution >= 0.6 is 11.3 Å². The van der Waals surface area contributed by atoms with Crippen LogP contribution in [0.4, 0.5) is 5.82 Å². The molecule has 3 aromatic heterocycles. The quantitative estimate of drug-likeness (QED) is 0.801. The lowest BCUT2D eigenvalue weighted by Gasteiger charge is -2.15. The Hall–Kier alpha value is -1.95. The minimum Gasteiger partial charge on any atom is -0.367 e. The SMILES string of the molecule is Cc1cc(NC(C)Cc2ccc(C)s2)n2ncnc2n1. The molecular weight excluding hydrogens is 270 g/mol. The van der Waals surface area contributed by atoms with Crippen LogP contribution in [0, 0.1) is 13.8 Å². The molecule has 0 saturated carbocycles. The van der Waals surface area contributed by atoms with Gasteiger partial charge in [0, 0.05) is 34.0 Å². The first-order valence-corrected chi connectivity index (χ1v) is 7.43. The maximum atomic E-state index is 4.34. The van der Waals surface area contributed by atoms with Gasteiger partial charge in [0.25, 0.3) is 5.78 Å². The molecule has 0 aliphatic carbocycles. The molecule has 20 heavy (non-hydrogen) atoms. The lowest BCUT2D eigenvalue weighted by atomic mass is 10.2. The third kappa shape index (κ3) is 2.65. The van der Waals surface area contributed by atoms with Crippen molar-refractivity contribution in [2.75, 3.05) is 5.32 Å². The summed E-state index contributed by atoms with van der Waals surface area (Å²) >= 11 is 1.85. The van der Waals surface area contributed by atoms with Gasteiger partial charge in [-0.2, -0.15) is 14.6 Å². The average molecular weight is 287 g/mol. The van der Waals surface area contributed by atoms with Gasteiger partial charge in [0.15, 0.2) is 0 Å². The summed E-state index contributed by atoms with van der Waals surface area (Å²) in [6, 6.07) is 6.68. The van der Waals surface area contributed by atoms with E-state index in [0.29, 0.717) is 11.8 Å². The molecule has 0 radical (unpaired) electrons. The normalized spacial score (nSPS) is 12.8. The highest BCUT2D eigenvalue weighted by atomic mass is 32.1. The van der Waals surface area contributed by atoms with Gasteiger partial charge >= 0.3 is 0 Å². The van der Waals surface area contributed by atoms with Crippen LogP contribution in [0.25, 0.3) is 5.78 Å². The molecule has 0 aliphatic heterocycles. The number of nitrogens with zero attached hydrogens (tertiary/aromatic N) is 4. The van der Waals surface area contributed by atoms with Gasteiger partial charge in [-0.25, -0.2) is 4.98 Å². The largest absolute Gasteiger partial charge is 0.367 e. The topological polar surface area (TPSA) is 55.1 Å². The Morgan fingerprint density at radius 3 is 2.95 bits per heavy atom. The summed E-state index contributed by atoms with van der Waals surface area (Å²) in [6.07, 6.45) is 2.52. The second-order valence-corrected chi connectivity index (χ2v) is 6.39. The lowest BCUT2D eigenvalue weighted by Crippen LogP contribution is -2.20. The van der Waals surface area contributed by atoms with Crippen molar-refractivity contribution in [2.24, 2.45) is 0 Å². The van der Waals surface area contributed by atoms with Crippen LogP contribution in [0.15, 0.2) is 24.5 Å². The number of anilines is 1. The number of thiophene rings is 1. The molecule has 6 heteroatoms. The highest BCUT2D eigenvalue weighted by molar-refractivity contribution is 7.11. The standard InChI is InChI=1S/C14H17N5S/c1-9(6-12-5-4-11(3)20-12)17-13-7-10(2)18-14-15-8-16-19(13)14/h4-5,7-9,17H,6H2,1-3H3. The number of nitrogens with one attached hydrogen (secondary N) is 1. The van der Waals surface area contributed by atoms with Gasteiger partial charge in [-0.3, -0.25) is 0 Å². The van der Waals surface area contributed by atoms with E-state index in [-0.39, 0.29) is 0 Å². The molecular formula is C14H17N5S. The minimum atomic E-state index is 0.322. The van der Waals surface area contributed by atoms with E-state index in [1.54, 1.807) is 4.52 Å². The maximum absolute atomic E-state index is 4.34. The molecule has 0 fully saturated rings. The van der Waals surface area contributed by atoms with Gasteiger partial charge in [-0.05, 0) is 32.9 Å². The first kappa shape index (κ1) is 13.1. The molecule has 1 atom stereocenters. The zero-order chi connectivity index (χ0) is 14.1. The third-order valence-corrected chi connectivity index (χ3v) is 4.10. The molecule has 1 unspecified atom stereocenters. The first-order valence-electron chi connectivity index (χ1n) is 6.61. The Morgan fingerprint density at radius 2 is 2.20 bits per heavy atom. The zero-order valence-electron chi connectivity index (χ0n) is 11.8. The second kappa shape index (κ2) is 5.20. The predicted octanol–water partition coefficient (Wildman–Crippen LogP) is 2.85. The molecule has 0 bridgehead atoms. The van der Waals surface area contributed by atoms with Crippen molar-refractivity contribution in [2.45, 2.75) is 33.2 Å². The van der Waals surface area contributed by atoms with Crippen LogP contribution in [-0.2, 0) is 6.42 Å². The number of rotatable bonds is 4. The fraction of sp³-hybridized carbons (Fsp3) is 0.357. The van der Waals surface area contributed by atoms with Crippen LogP contribution in [0.3, 0.4) is 0 Å². The molecule has 5 nitrogen and oxygen atoms in total. The molecule has 0 amide bonds. The number of hydrogen-bond acceptors (Lipinski definition) is 5. The van der Waals surface area contributed by atoms with Gasteiger partial charge in [0.2, 0.25) is 0 Å². The molecule has 3 rings (SSSR count). The van der Waals surface area contributed by atoms with E-state index >= 15 is 0 Å². The molecule has 1 N–H and O–H groups in total. The number of aryl methyl sites for hydroxylation is 2. The van der Waals surface area contributed by atoms with E-state index in [2.05, 4.69) is 46.4 Å². The number of fused-ring (bicyclic) bond motifs is 1. The smallest absolute Gasteiger partial charge is 0.254 e. The number of aromatic nitrogens is 4. The fourth-order valence-electron chi connectivity index (χ4n) is 2.23. The van der Waals surface area contributed by atoms with E-state index < -0.39 is 0 Å². The van der Waals surface area contributed by atoms with Crippen LogP contribution in [0.1, 0.15) is 22.4 Å². The fourth-order valence-corrected chi connectivity index (χ4v) is 3.25. The van der Waals surface area contributed by atoms with Gasteiger partial charge in [0.05, 0.1) is 0 Å². The summed E-state index contributed by atoms with van der Waals surface area (Å²) in [5, 5.41) is 7.70. The van der Waals surface area contributed by atoms with Crippen molar-refractivity contribution in [1.82, 2.24) is 19.6 Å². The summed E-state index contributed by atoms with van der Waals surface area (Å²) in [5.41, 5.74) is 0.937. The monoisotopic (exact) mass is 287 g/mol. The Labute approximate surface area is 121 Å². The molecule has 3 aromatic rings. The molecule has 0 aliphatic rings. The Bertz CT molecular complexity index is 730. The molecule has 0 aromatic carbocycles. The van der Waals surface area contributed by atoms with Crippen LogP contribution < -0.4 is 5.32 Å². The first-order chi connectivity index (χ1) is 9.61. The Balaban J connectivity index is 1.80. The van der Waals surface area contributed by atoms with E-state index in [1.165, 1.54) is 16.1 Å². The molecule has 104 valence electrons. The van der Waals surface area contributed by atoms with Crippen LogP contribution in [-0.4, -0.2) is 25.6 Å². The molecule has 0 saturated heterocycles. The summed E-state index contributed by atoms with van der Waals surface area (Å²) in [7, 11) is 0. The van der Waals surface area contributed by atoms with Gasteiger partial charge in [-0.1, -0.05) is 0 Å². The third-order valence-electron chi connectivity index (χ3n) is 3.08. The van der Waals surface area contributed by atoms with Gasteiger partial charge < -0.3 is 5.32 Å². The van der Waals surface area contributed by atoms with Crippen molar-refractivity contribution < 1.29 is 0 Å². The Morgan fingerprint density at radius 1 is 1.35 bits per heavy atom. The highest BCUT2D eigenvalue weighted by Gasteiger charge is 2.10. The summed E-state index contributed by atoms with van der Waals surface area (Å²) in [5.74, 6) is 1.57. The van der Waals surface area contributed by atoms with Crippen molar-refractivity contribution in [3.63, 3.8) is 0 Å².